The van der Waals surface area contributed by atoms with Crippen molar-refractivity contribution in [1.29, 1.82) is 0 Å². The molecule has 1 heterocycles. The van der Waals surface area contributed by atoms with E-state index in [0.717, 1.165) is 5.66 Å². The first-order valence-corrected chi connectivity index (χ1v) is 11.2. The molecule has 4 rings (SSSR count). The van der Waals surface area contributed by atoms with Gasteiger partial charge in [0.1, 0.15) is 10.6 Å². The van der Waals surface area contributed by atoms with Gasteiger partial charge in [-0.1, -0.05) is 55.7 Å². The minimum absolute atomic E-state index is 0.901. The summed E-state index contributed by atoms with van der Waals surface area (Å²) < 4.78 is 0. The highest BCUT2D eigenvalue weighted by molar-refractivity contribution is 7.90. The lowest BCUT2D eigenvalue weighted by molar-refractivity contribution is 0.509. The molecule has 1 aliphatic heterocycles. The van der Waals surface area contributed by atoms with Gasteiger partial charge < -0.3 is 0 Å². The maximum absolute atomic E-state index is 2.63. The molecule has 1 heteroatoms. The molecular formula is C21H26P+. The molecule has 0 N–H and O–H groups in total. The number of rotatable bonds is 1. The molecule has 114 valence electrons. The Morgan fingerprint density at radius 3 is 1.68 bits per heavy atom. The quantitative estimate of drug-likeness (QED) is 0.621. The Morgan fingerprint density at radius 2 is 1.14 bits per heavy atom. The first-order chi connectivity index (χ1) is 10.8. The summed E-state index contributed by atoms with van der Waals surface area (Å²) in [4.78, 5) is 0. The second-order valence-electron chi connectivity index (χ2n) is 7.11. The van der Waals surface area contributed by atoms with Crippen molar-refractivity contribution in [2.75, 3.05) is 6.66 Å². The maximum Gasteiger partial charge on any atom is 0.107 e. The molecule has 2 aromatic rings. The average Bonchev–Trinajstić information content (AvgIpc) is 2.79. The Hall–Kier alpha value is -1.13. The molecular weight excluding hydrogens is 283 g/mol. The summed E-state index contributed by atoms with van der Waals surface area (Å²) in [6.45, 7) is 2.63. The SMILES string of the molecule is C[P+]1(C2CCCCCCC2)c2ccccc2-c2ccccc21. The van der Waals surface area contributed by atoms with Gasteiger partial charge in [-0.05, 0) is 37.8 Å². The third-order valence-corrected chi connectivity index (χ3v) is 10.7. The van der Waals surface area contributed by atoms with Crippen LogP contribution in [0.4, 0.5) is 0 Å². The topological polar surface area (TPSA) is 0 Å². The molecule has 0 saturated heterocycles. The molecule has 0 spiro atoms. The lowest BCUT2D eigenvalue weighted by Crippen LogP contribution is -2.28. The van der Waals surface area contributed by atoms with Crippen LogP contribution in [0.25, 0.3) is 11.1 Å². The molecule has 0 radical (unpaired) electrons. The second-order valence-corrected chi connectivity index (χ2v) is 11.0. The van der Waals surface area contributed by atoms with E-state index in [0.29, 0.717) is 0 Å². The number of hydrogen-bond acceptors (Lipinski definition) is 0. The van der Waals surface area contributed by atoms with Crippen molar-refractivity contribution in [2.45, 2.75) is 50.6 Å². The van der Waals surface area contributed by atoms with Crippen LogP contribution in [0.3, 0.4) is 0 Å². The minimum Gasteiger partial charge on any atom is -0.0614 e. The van der Waals surface area contributed by atoms with E-state index in [1.807, 2.05) is 0 Å². The third kappa shape index (κ3) is 2.16. The van der Waals surface area contributed by atoms with Crippen molar-refractivity contribution in [2.24, 2.45) is 0 Å². The maximum atomic E-state index is 2.63. The van der Waals surface area contributed by atoms with E-state index in [9.17, 15) is 0 Å². The number of hydrogen-bond donors (Lipinski definition) is 0. The first kappa shape index (κ1) is 14.5. The highest BCUT2D eigenvalue weighted by Gasteiger charge is 2.51. The van der Waals surface area contributed by atoms with E-state index in [1.54, 1.807) is 10.6 Å². The Kier molecular flexibility index (Phi) is 3.82. The average molecular weight is 309 g/mol. The van der Waals surface area contributed by atoms with Gasteiger partial charge in [0.25, 0.3) is 0 Å². The predicted octanol–water partition coefficient (Wildman–Crippen LogP) is 5.38. The first-order valence-electron chi connectivity index (χ1n) is 8.87. The third-order valence-electron chi connectivity index (χ3n) is 5.90. The van der Waals surface area contributed by atoms with Gasteiger partial charge in [0.2, 0.25) is 0 Å². The fraction of sp³-hybridized carbons (Fsp3) is 0.429. The van der Waals surface area contributed by atoms with Crippen molar-refractivity contribution >= 4 is 17.9 Å². The highest BCUT2D eigenvalue weighted by Crippen LogP contribution is 2.66. The molecule has 0 bridgehead atoms. The molecule has 0 nitrogen and oxygen atoms in total. The summed E-state index contributed by atoms with van der Waals surface area (Å²) >= 11 is 0. The van der Waals surface area contributed by atoms with Crippen LogP contribution in [-0.2, 0) is 0 Å². The van der Waals surface area contributed by atoms with Gasteiger partial charge >= 0.3 is 0 Å². The van der Waals surface area contributed by atoms with Gasteiger partial charge in [-0.25, -0.2) is 0 Å². The van der Waals surface area contributed by atoms with E-state index in [1.165, 1.54) is 56.1 Å². The largest absolute Gasteiger partial charge is 0.107 e. The van der Waals surface area contributed by atoms with E-state index in [-0.39, 0.29) is 0 Å². The number of fused-ring (bicyclic) bond motifs is 3. The van der Waals surface area contributed by atoms with E-state index in [2.05, 4.69) is 55.2 Å². The summed E-state index contributed by atoms with van der Waals surface area (Å²) in [5, 5.41) is 3.36. The normalized spacial score (nSPS) is 20.8. The monoisotopic (exact) mass is 309 g/mol. The van der Waals surface area contributed by atoms with Gasteiger partial charge in [-0.15, -0.1) is 0 Å². The van der Waals surface area contributed by atoms with E-state index >= 15 is 0 Å². The minimum atomic E-state index is -1.22. The molecule has 1 fully saturated rings. The molecule has 0 aromatic heterocycles. The van der Waals surface area contributed by atoms with Crippen molar-refractivity contribution in [3.63, 3.8) is 0 Å². The Bertz CT molecular complexity index is 620. The summed E-state index contributed by atoms with van der Waals surface area (Å²) in [7, 11) is -1.22. The molecule has 0 atom stereocenters. The van der Waals surface area contributed by atoms with Crippen molar-refractivity contribution in [3.05, 3.63) is 48.5 Å². The molecule has 1 aliphatic carbocycles. The summed E-state index contributed by atoms with van der Waals surface area (Å²) in [6.07, 6.45) is 10.1. The standard InChI is InChI=1S/C21H26P/c1-22(17-11-5-3-2-4-6-12-17)20-15-9-7-13-18(20)19-14-8-10-16-21(19)22/h7-10,13-17H,2-6,11-12H2,1H3/q+1. The van der Waals surface area contributed by atoms with Crippen LogP contribution < -0.4 is 10.6 Å². The zero-order chi connectivity index (χ0) is 15.0. The highest BCUT2D eigenvalue weighted by atomic mass is 31.2. The second kappa shape index (κ2) is 5.82. The zero-order valence-corrected chi connectivity index (χ0v) is 14.5. The molecule has 1 saturated carbocycles. The van der Waals surface area contributed by atoms with Gasteiger partial charge in [0.15, 0.2) is 0 Å². The fourth-order valence-corrected chi connectivity index (χ4v) is 9.31. The zero-order valence-electron chi connectivity index (χ0n) is 13.6. The molecule has 2 aromatic carbocycles. The molecule has 0 unspecified atom stereocenters. The van der Waals surface area contributed by atoms with Crippen LogP contribution >= 0.6 is 7.26 Å². The van der Waals surface area contributed by atoms with Gasteiger partial charge in [-0.2, -0.15) is 0 Å². The van der Waals surface area contributed by atoms with Gasteiger partial charge in [0, 0.05) is 11.1 Å². The summed E-state index contributed by atoms with van der Waals surface area (Å²) in [5.74, 6) is 0. The van der Waals surface area contributed by atoms with E-state index in [4.69, 9.17) is 0 Å². The van der Waals surface area contributed by atoms with E-state index < -0.39 is 7.26 Å². The Morgan fingerprint density at radius 1 is 0.682 bits per heavy atom. The smallest absolute Gasteiger partial charge is 0.0614 e. The van der Waals surface area contributed by atoms with Crippen LogP contribution in [0.15, 0.2) is 48.5 Å². The predicted molar refractivity (Wildman–Crippen MR) is 100 cm³/mol. The van der Waals surface area contributed by atoms with Gasteiger partial charge in [0.05, 0.1) is 19.6 Å². The molecule has 2 aliphatic rings. The lowest BCUT2D eigenvalue weighted by Gasteiger charge is -2.30. The fourth-order valence-electron chi connectivity index (χ4n) is 4.69. The molecule has 0 amide bonds. The lowest BCUT2D eigenvalue weighted by atomic mass is 10.0. The van der Waals surface area contributed by atoms with Crippen LogP contribution in [-0.4, -0.2) is 12.3 Å². The van der Waals surface area contributed by atoms with Crippen molar-refractivity contribution in [3.8, 4) is 11.1 Å². The van der Waals surface area contributed by atoms with Crippen LogP contribution in [0.1, 0.15) is 44.9 Å². The Labute approximate surface area is 135 Å². The van der Waals surface area contributed by atoms with Crippen molar-refractivity contribution in [1.82, 2.24) is 0 Å². The van der Waals surface area contributed by atoms with Crippen molar-refractivity contribution < 1.29 is 0 Å². The summed E-state index contributed by atoms with van der Waals surface area (Å²) in [5.41, 5.74) is 3.95. The van der Waals surface area contributed by atoms with Crippen LogP contribution in [0.5, 0.6) is 0 Å². The van der Waals surface area contributed by atoms with Crippen LogP contribution in [0.2, 0.25) is 0 Å². The Balaban J connectivity index is 1.85. The number of benzene rings is 2. The molecule has 22 heavy (non-hydrogen) atoms. The van der Waals surface area contributed by atoms with Crippen LogP contribution in [0, 0.1) is 0 Å². The summed E-state index contributed by atoms with van der Waals surface area (Å²) in [6, 6.07) is 18.5. The van der Waals surface area contributed by atoms with Gasteiger partial charge in [-0.3, -0.25) is 0 Å².